The average Bonchev–Trinajstić information content (AvgIpc) is 3.19. The van der Waals surface area contributed by atoms with Crippen molar-refractivity contribution in [2.24, 2.45) is 0 Å². The summed E-state index contributed by atoms with van der Waals surface area (Å²) in [5.74, 6) is 0.636. The van der Waals surface area contributed by atoms with Gasteiger partial charge >= 0.3 is 0 Å². The van der Waals surface area contributed by atoms with Crippen LogP contribution in [0, 0.1) is 0 Å². The largest absolute Gasteiger partial charge is 0.214 e. The van der Waals surface area contributed by atoms with Crippen LogP contribution in [0.5, 0.6) is 0 Å². The number of nitrogens with zero attached hydrogens (tertiary/aromatic N) is 4. The van der Waals surface area contributed by atoms with E-state index in [0.29, 0.717) is 27.3 Å². The highest BCUT2D eigenvalue weighted by Gasteiger charge is 2.08. The lowest BCUT2D eigenvalue weighted by Crippen LogP contribution is -2.04. The Morgan fingerprint density at radius 3 is 2.31 bits per heavy atom. The van der Waals surface area contributed by atoms with Crippen LogP contribution in [0.1, 0.15) is 22.5 Å². The molecular weight excluding hydrogens is 427 g/mol. The third-order valence-electron chi connectivity index (χ3n) is 4.30. The minimum atomic E-state index is 0.575. The van der Waals surface area contributed by atoms with Crippen LogP contribution in [-0.2, 0) is 6.42 Å². The highest BCUT2D eigenvalue weighted by atomic mass is 35.5. The number of hydrogen-bond donors (Lipinski definition) is 0. The molecule has 0 bridgehead atoms. The fourth-order valence-corrected chi connectivity index (χ4v) is 3.41. The minimum absolute atomic E-state index is 0.575. The van der Waals surface area contributed by atoms with E-state index in [0.717, 1.165) is 22.5 Å². The molecule has 144 valence electrons. The Morgan fingerprint density at radius 2 is 1.59 bits per heavy atom. The fraction of sp³-hybridized carbons (Fsp3) is 0.0455. The molecule has 2 heterocycles. The van der Waals surface area contributed by atoms with Gasteiger partial charge in [0.05, 0.1) is 17.6 Å². The van der Waals surface area contributed by atoms with Gasteiger partial charge in [0, 0.05) is 21.5 Å². The average molecular weight is 442 g/mol. The molecule has 0 fully saturated rings. The van der Waals surface area contributed by atoms with Gasteiger partial charge in [0.1, 0.15) is 0 Å². The van der Waals surface area contributed by atoms with Crippen LogP contribution < -0.4 is 0 Å². The fourth-order valence-electron chi connectivity index (χ4n) is 2.81. The van der Waals surface area contributed by atoms with E-state index < -0.39 is 0 Å². The Bertz CT molecular complexity index is 1150. The van der Waals surface area contributed by atoms with Gasteiger partial charge in [-0.2, -0.15) is 10.2 Å². The molecule has 0 aliphatic carbocycles. The SMILES string of the molecule is Clc1ccc(C=Cc2ccnn2-c2ccc(Cc3ccc(Cl)cc3Cl)nn2)cc1. The molecule has 29 heavy (non-hydrogen) atoms. The van der Waals surface area contributed by atoms with Crippen molar-refractivity contribution < 1.29 is 0 Å². The zero-order valence-electron chi connectivity index (χ0n) is 15.1. The molecule has 0 atom stereocenters. The van der Waals surface area contributed by atoms with Gasteiger partial charge in [0.25, 0.3) is 0 Å². The summed E-state index contributed by atoms with van der Waals surface area (Å²) < 4.78 is 1.73. The predicted octanol–water partition coefficient (Wildman–Crippen LogP) is 6.38. The molecule has 4 aromatic rings. The second-order valence-corrected chi connectivity index (χ2v) is 7.63. The third kappa shape index (κ3) is 4.85. The first-order valence-electron chi connectivity index (χ1n) is 8.83. The second-order valence-electron chi connectivity index (χ2n) is 6.35. The van der Waals surface area contributed by atoms with Crippen molar-refractivity contribution in [2.45, 2.75) is 6.42 Å². The first kappa shape index (κ1) is 19.6. The molecule has 0 amide bonds. The van der Waals surface area contributed by atoms with Gasteiger partial charge in [0.15, 0.2) is 5.82 Å². The van der Waals surface area contributed by atoms with Gasteiger partial charge in [-0.05, 0) is 59.7 Å². The lowest BCUT2D eigenvalue weighted by Gasteiger charge is -2.06. The molecule has 2 aromatic heterocycles. The molecule has 4 rings (SSSR count). The monoisotopic (exact) mass is 440 g/mol. The van der Waals surface area contributed by atoms with Crippen molar-refractivity contribution in [3.05, 3.63) is 104 Å². The number of halogens is 3. The maximum absolute atomic E-state index is 6.24. The molecule has 0 N–H and O–H groups in total. The maximum Gasteiger partial charge on any atom is 0.176 e. The van der Waals surface area contributed by atoms with Gasteiger partial charge in [-0.15, -0.1) is 5.10 Å². The first-order valence-corrected chi connectivity index (χ1v) is 9.96. The summed E-state index contributed by atoms with van der Waals surface area (Å²) in [6.45, 7) is 0. The Labute approximate surface area is 183 Å². The maximum atomic E-state index is 6.24. The number of rotatable bonds is 5. The van der Waals surface area contributed by atoms with Crippen LogP contribution in [0.3, 0.4) is 0 Å². The van der Waals surface area contributed by atoms with Gasteiger partial charge in [0.2, 0.25) is 0 Å². The lowest BCUT2D eigenvalue weighted by molar-refractivity contribution is 0.794. The quantitative estimate of drug-likeness (QED) is 0.361. The molecule has 4 nitrogen and oxygen atoms in total. The van der Waals surface area contributed by atoms with Gasteiger partial charge in [-0.1, -0.05) is 59.1 Å². The molecule has 0 saturated carbocycles. The molecule has 0 aliphatic rings. The summed E-state index contributed by atoms with van der Waals surface area (Å²) in [5, 5.41) is 14.9. The topological polar surface area (TPSA) is 43.6 Å². The Balaban J connectivity index is 1.52. The molecule has 7 heteroatoms. The van der Waals surface area contributed by atoms with Crippen LogP contribution in [0.2, 0.25) is 15.1 Å². The van der Waals surface area contributed by atoms with Crippen molar-refractivity contribution in [3.63, 3.8) is 0 Å². The molecule has 2 aromatic carbocycles. The van der Waals surface area contributed by atoms with E-state index in [9.17, 15) is 0 Å². The summed E-state index contributed by atoms with van der Waals surface area (Å²) in [7, 11) is 0. The van der Waals surface area contributed by atoms with E-state index in [1.54, 1.807) is 16.9 Å². The zero-order valence-corrected chi connectivity index (χ0v) is 17.4. The van der Waals surface area contributed by atoms with Gasteiger partial charge < -0.3 is 0 Å². The van der Waals surface area contributed by atoms with Crippen LogP contribution in [0.25, 0.3) is 18.0 Å². The molecule has 0 radical (unpaired) electrons. The normalized spacial score (nSPS) is 11.3. The smallest absolute Gasteiger partial charge is 0.176 e. The lowest BCUT2D eigenvalue weighted by atomic mass is 10.1. The second kappa shape index (κ2) is 8.78. The molecule has 0 spiro atoms. The zero-order chi connectivity index (χ0) is 20.2. The Kier molecular flexibility index (Phi) is 5.95. The number of hydrogen-bond acceptors (Lipinski definition) is 3. The first-order chi connectivity index (χ1) is 14.1. The summed E-state index contributed by atoms with van der Waals surface area (Å²) in [5.41, 5.74) is 3.69. The molecular formula is C22H15Cl3N4. The van der Waals surface area contributed by atoms with Crippen molar-refractivity contribution in [2.75, 3.05) is 0 Å². The molecule has 0 unspecified atom stereocenters. The summed E-state index contributed by atoms with van der Waals surface area (Å²) in [6, 6.07) is 18.8. The van der Waals surface area contributed by atoms with Crippen LogP contribution >= 0.6 is 34.8 Å². The van der Waals surface area contributed by atoms with E-state index in [4.69, 9.17) is 34.8 Å². The molecule has 0 saturated heterocycles. The Morgan fingerprint density at radius 1 is 0.793 bits per heavy atom. The van der Waals surface area contributed by atoms with Gasteiger partial charge in [-0.3, -0.25) is 0 Å². The highest BCUT2D eigenvalue weighted by molar-refractivity contribution is 6.35. The summed E-state index contributed by atoms with van der Waals surface area (Å²) in [4.78, 5) is 0. The van der Waals surface area contributed by atoms with Crippen molar-refractivity contribution in [3.8, 4) is 5.82 Å². The van der Waals surface area contributed by atoms with Crippen LogP contribution in [0.15, 0.2) is 66.9 Å². The number of aromatic nitrogens is 4. The van der Waals surface area contributed by atoms with Crippen molar-refractivity contribution in [1.29, 1.82) is 0 Å². The van der Waals surface area contributed by atoms with Crippen molar-refractivity contribution >= 4 is 47.0 Å². The van der Waals surface area contributed by atoms with E-state index in [1.165, 1.54) is 0 Å². The van der Waals surface area contributed by atoms with E-state index in [1.807, 2.05) is 66.7 Å². The Hall–Kier alpha value is -2.66. The highest BCUT2D eigenvalue weighted by Crippen LogP contribution is 2.23. The number of benzene rings is 2. The van der Waals surface area contributed by atoms with E-state index >= 15 is 0 Å². The minimum Gasteiger partial charge on any atom is -0.214 e. The van der Waals surface area contributed by atoms with Crippen molar-refractivity contribution in [1.82, 2.24) is 20.0 Å². The summed E-state index contributed by atoms with van der Waals surface area (Å²) in [6.07, 6.45) is 6.27. The summed E-state index contributed by atoms with van der Waals surface area (Å²) >= 11 is 18.1. The van der Waals surface area contributed by atoms with E-state index in [2.05, 4.69) is 15.3 Å². The third-order valence-corrected chi connectivity index (χ3v) is 5.14. The standard InChI is InChI=1S/C22H15Cl3N4/c23-17-5-1-15(2-6-17)3-9-20-11-12-26-29(20)22-10-8-19(27-28-22)13-16-4-7-18(24)14-21(16)25/h1-12,14H,13H2. The molecule has 0 aliphatic heterocycles. The van der Waals surface area contributed by atoms with Gasteiger partial charge in [-0.25, -0.2) is 4.68 Å². The van der Waals surface area contributed by atoms with Crippen LogP contribution in [0.4, 0.5) is 0 Å². The van der Waals surface area contributed by atoms with Crippen LogP contribution in [-0.4, -0.2) is 20.0 Å². The van der Waals surface area contributed by atoms with E-state index in [-0.39, 0.29) is 0 Å². The predicted molar refractivity (Wildman–Crippen MR) is 119 cm³/mol.